The molecule has 0 heterocycles. The van der Waals surface area contributed by atoms with Gasteiger partial charge in [-0.2, -0.15) is 0 Å². The maximum Gasteiger partial charge on any atom is 0.469 e. The predicted molar refractivity (Wildman–Crippen MR) is 199 cm³/mol. The summed E-state index contributed by atoms with van der Waals surface area (Å²) in [6.45, 7) is 5.68. The summed E-state index contributed by atoms with van der Waals surface area (Å²) in [5.41, 5.74) is 0. The Labute approximate surface area is 296 Å². The monoisotopic (exact) mass is 708 g/mol. The number of aliphatic hydroxyl groups is 1. The fourth-order valence-corrected chi connectivity index (χ4v) is 4.91. The lowest BCUT2D eigenvalue weighted by atomic mass is 10.0. The molecule has 0 aliphatic carbocycles. The normalized spacial score (nSPS) is 14.1. The van der Waals surface area contributed by atoms with E-state index in [-0.39, 0.29) is 19.4 Å². The number of phosphoric ester groups is 1. The number of rotatable bonds is 31. The summed E-state index contributed by atoms with van der Waals surface area (Å²) in [7, 11) is -4.78. The Morgan fingerprint density at radius 2 is 1.29 bits per heavy atom. The van der Waals surface area contributed by atoms with Gasteiger partial charge in [0.05, 0.1) is 12.7 Å². The molecule has 0 aliphatic heterocycles. The highest BCUT2D eigenvalue weighted by Gasteiger charge is 2.22. The van der Waals surface area contributed by atoms with Crippen molar-refractivity contribution in [3.8, 4) is 0 Å². The molecule has 280 valence electrons. The first kappa shape index (κ1) is 46.5. The van der Waals surface area contributed by atoms with Crippen LogP contribution in [0.3, 0.4) is 0 Å². The summed E-state index contributed by atoms with van der Waals surface area (Å²) in [4.78, 5) is 42.6. The van der Waals surface area contributed by atoms with Gasteiger partial charge in [0.2, 0.25) is 0 Å². The minimum atomic E-state index is -4.78. The molecule has 0 bridgehead atoms. The van der Waals surface area contributed by atoms with Gasteiger partial charge in [0, 0.05) is 12.8 Å². The zero-order chi connectivity index (χ0) is 36.4. The van der Waals surface area contributed by atoms with E-state index in [9.17, 15) is 19.3 Å². The molecule has 0 saturated heterocycles. The molecule has 49 heavy (non-hydrogen) atoms. The molecule has 3 N–H and O–H groups in total. The van der Waals surface area contributed by atoms with Gasteiger partial charge in [0.15, 0.2) is 6.10 Å². The van der Waals surface area contributed by atoms with Crippen molar-refractivity contribution in [2.45, 2.75) is 142 Å². The largest absolute Gasteiger partial charge is 0.469 e. The molecule has 0 fully saturated rings. The van der Waals surface area contributed by atoms with E-state index >= 15 is 0 Å². The molecule has 0 aromatic heterocycles. The standard InChI is InChI=1S/C39H65O9P/c1-4-5-6-7-19-24-29-36(40)30-25-20-15-10-8-9-11-17-22-27-32-39(42)48-37(34-47-49(43,44)45)33-46-38(41)31-26-21-16-13-12-14-18-23-28-35(2)3/h5-6,8-9,15,17,19-20,22,24-25,30,35-37,40H,4,7,10-14,16,18,21,23,26-29,31-34H2,1-3H3,(H2,43,44,45)/b6-5-,9-8-,20-15-,22-17-,24-19-,30-25+/t36?,37-/m1/s1. The second-order valence-electron chi connectivity index (χ2n) is 12.5. The molecule has 0 amide bonds. The molecular weight excluding hydrogens is 643 g/mol. The number of allylic oxidation sites excluding steroid dienone is 10. The number of hydrogen-bond donors (Lipinski definition) is 3. The van der Waals surface area contributed by atoms with E-state index in [2.05, 4.69) is 43.5 Å². The van der Waals surface area contributed by atoms with Crippen LogP contribution in [0.1, 0.15) is 130 Å². The highest BCUT2D eigenvalue weighted by Crippen LogP contribution is 2.35. The number of unbranched alkanes of at least 4 members (excludes halogenated alkanes) is 7. The lowest BCUT2D eigenvalue weighted by molar-refractivity contribution is -0.161. The van der Waals surface area contributed by atoms with E-state index < -0.39 is 38.6 Å². The smallest absolute Gasteiger partial charge is 0.462 e. The van der Waals surface area contributed by atoms with Crippen molar-refractivity contribution in [2.24, 2.45) is 5.92 Å². The summed E-state index contributed by atoms with van der Waals surface area (Å²) < 4.78 is 26.1. The van der Waals surface area contributed by atoms with E-state index in [0.29, 0.717) is 25.7 Å². The van der Waals surface area contributed by atoms with Crippen LogP contribution >= 0.6 is 7.82 Å². The van der Waals surface area contributed by atoms with Crippen molar-refractivity contribution in [2.75, 3.05) is 13.2 Å². The van der Waals surface area contributed by atoms with Gasteiger partial charge < -0.3 is 24.4 Å². The van der Waals surface area contributed by atoms with Gasteiger partial charge in [0.1, 0.15) is 6.61 Å². The molecule has 0 aromatic carbocycles. The Hall–Kier alpha value is -2.55. The maximum atomic E-state index is 12.3. The third-order valence-corrected chi connectivity index (χ3v) is 7.75. The van der Waals surface area contributed by atoms with Gasteiger partial charge in [0.25, 0.3) is 0 Å². The second kappa shape index (κ2) is 32.6. The Morgan fingerprint density at radius 1 is 0.694 bits per heavy atom. The summed E-state index contributed by atoms with van der Waals surface area (Å²) in [5.74, 6) is -0.259. The molecule has 0 saturated carbocycles. The number of aliphatic hydroxyl groups excluding tert-OH is 1. The van der Waals surface area contributed by atoms with E-state index in [4.69, 9.17) is 19.3 Å². The van der Waals surface area contributed by atoms with Gasteiger partial charge in [-0.05, 0) is 50.9 Å². The summed E-state index contributed by atoms with van der Waals surface area (Å²) >= 11 is 0. The molecule has 0 radical (unpaired) electrons. The average Bonchev–Trinajstić information content (AvgIpc) is 3.04. The topological polar surface area (TPSA) is 140 Å². The molecule has 0 rings (SSSR count). The average molecular weight is 709 g/mol. The van der Waals surface area contributed by atoms with Crippen LogP contribution < -0.4 is 0 Å². The van der Waals surface area contributed by atoms with E-state index in [1.54, 1.807) is 6.08 Å². The van der Waals surface area contributed by atoms with Crippen molar-refractivity contribution in [3.63, 3.8) is 0 Å². The minimum absolute atomic E-state index is 0.0604. The molecule has 10 heteroatoms. The second-order valence-corrected chi connectivity index (χ2v) is 13.7. The number of ether oxygens (including phenoxy) is 2. The zero-order valence-electron chi connectivity index (χ0n) is 30.3. The predicted octanol–water partition coefficient (Wildman–Crippen LogP) is 9.56. The molecule has 1 unspecified atom stereocenters. The van der Waals surface area contributed by atoms with Gasteiger partial charge in [-0.15, -0.1) is 0 Å². The van der Waals surface area contributed by atoms with Gasteiger partial charge >= 0.3 is 19.8 Å². The lowest BCUT2D eigenvalue weighted by Gasteiger charge is -2.18. The Balaban J connectivity index is 4.22. The maximum absolute atomic E-state index is 12.3. The molecular formula is C39H65O9P. The van der Waals surface area contributed by atoms with Gasteiger partial charge in [-0.3, -0.25) is 14.1 Å². The third-order valence-electron chi connectivity index (χ3n) is 7.26. The molecule has 0 aliphatic rings. The van der Waals surface area contributed by atoms with Crippen molar-refractivity contribution in [1.29, 1.82) is 0 Å². The Morgan fingerprint density at radius 3 is 1.94 bits per heavy atom. The first-order chi connectivity index (χ1) is 23.5. The van der Waals surface area contributed by atoms with E-state index in [1.807, 2.05) is 48.6 Å². The number of carbonyl (C=O) groups excluding carboxylic acids is 2. The Kier molecular flexibility index (Phi) is 30.9. The third kappa shape index (κ3) is 36.6. The van der Waals surface area contributed by atoms with Crippen LogP contribution in [0, 0.1) is 5.92 Å². The van der Waals surface area contributed by atoms with Crippen molar-refractivity contribution < 1.29 is 43.0 Å². The number of hydrogen-bond acceptors (Lipinski definition) is 7. The number of carbonyl (C=O) groups is 2. The highest BCUT2D eigenvalue weighted by atomic mass is 31.2. The highest BCUT2D eigenvalue weighted by molar-refractivity contribution is 7.46. The van der Waals surface area contributed by atoms with Crippen LogP contribution in [0.2, 0.25) is 0 Å². The van der Waals surface area contributed by atoms with Crippen LogP contribution in [0.4, 0.5) is 0 Å². The Bertz CT molecular complexity index is 1050. The summed E-state index contributed by atoms with van der Waals surface area (Å²) in [6, 6.07) is 0. The van der Waals surface area contributed by atoms with Crippen LogP contribution in [-0.2, 0) is 28.2 Å². The first-order valence-electron chi connectivity index (χ1n) is 18.2. The molecule has 9 nitrogen and oxygen atoms in total. The molecule has 0 spiro atoms. The van der Waals surface area contributed by atoms with E-state index in [1.165, 1.54) is 32.1 Å². The fourth-order valence-electron chi connectivity index (χ4n) is 4.55. The fraction of sp³-hybridized carbons (Fsp3) is 0.641. The van der Waals surface area contributed by atoms with Gasteiger partial charge in [-0.1, -0.05) is 145 Å². The lowest BCUT2D eigenvalue weighted by Crippen LogP contribution is -2.29. The number of esters is 2. The first-order valence-corrected chi connectivity index (χ1v) is 19.7. The number of phosphoric acid groups is 1. The molecule has 0 aromatic rings. The minimum Gasteiger partial charge on any atom is -0.462 e. The van der Waals surface area contributed by atoms with Crippen LogP contribution in [-0.4, -0.2) is 52.3 Å². The van der Waals surface area contributed by atoms with Crippen molar-refractivity contribution in [1.82, 2.24) is 0 Å². The summed E-state index contributed by atoms with van der Waals surface area (Å²) in [5, 5.41) is 9.95. The van der Waals surface area contributed by atoms with Crippen LogP contribution in [0.25, 0.3) is 0 Å². The van der Waals surface area contributed by atoms with E-state index in [0.717, 1.165) is 44.4 Å². The quantitative estimate of drug-likeness (QED) is 0.0211. The van der Waals surface area contributed by atoms with Crippen LogP contribution in [0.5, 0.6) is 0 Å². The van der Waals surface area contributed by atoms with Crippen molar-refractivity contribution in [3.05, 3.63) is 72.9 Å². The van der Waals surface area contributed by atoms with Crippen LogP contribution in [0.15, 0.2) is 72.9 Å². The molecule has 2 atom stereocenters. The summed E-state index contributed by atoms with van der Waals surface area (Å²) in [6.07, 6.45) is 36.8. The zero-order valence-corrected chi connectivity index (χ0v) is 31.2. The van der Waals surface area contributed by atoms with Gasteiger partial charge in [-0.25, -0.2) is 4.57 Å². The SMILES string of the molecule is CC/C=C\C/C=C\CC(O)/C=C/C=C\C/C=C\C/C=C\CCC(=O)O[C@H](COC(=O)CCCCCCCCCCC(C)C)COP(=O)(O)O. The van der Waals surface area contributed by atoms with Crippen molar-refractivity contribution >= 4 is 19.8 Å².